The molecule has 3 unspecified atom stereocenters. The van der Waals surface area contributed by atoms with E-state index < -0.39 is 24.0 Å². The van der Waals surface area contributed by atoms with E-state index in [0.29, 0.717) is 18.6 Å². The van der Waals surface area contributed by atoms with E-state index in [2.05, 4.69) is 34.9 Å². The molecule has 8 nitrogen and oxygen atoms in total. The Hall–Kier alpha value is -3.04. The molecule has 0 radical (unpaired) electrons. The minimum Gasteiger partial charge on any atom is -0.480 e. The molecular weight excluding hydrogens is 468 g/mol. The highest BCUT2D eigenvalue weighted by Gasteiger charge is 2.33. The van der Waals surface area contributed by atoms with Crippen molar-refractivity contribution >= 4 is 29.7 Å². The minimum absolute atomic E-state index is 0.0164. The summed E-state index contributed by atoms with van der Waals surface area (Å²) in [5, 5.41) is 14.6. The first-order chi connectivity index (χ1) is 17.0. The molecule has 0 saturated carbocycles. The lowest BCUT2D eigenvalue weighted by atomic mass is 9.98. The number of nitrogens with one attached hydrogen (secondary N) is 2. The number of carboxylic acid groups (broad SMARTS) is 1. The number of alkyl carbamates (subject to hydrolysis) is 1. The number of thioether (sulfide) groups is 1. The Bertz CT molecular complexity index is 1030. The van der Waals surface area contributed by atoms with Crippen molar-refractivity contribution in [3.05, 3.63) is 59.7 Å². The van der Waals surface area contributed by atoms with Gasteiger partial charge in [-0.3, -0.25) is 4.79 Å². The van der Waals surface area contributed by atoms with E-state index in [1.54, 1.807) is 0 Å². The second-order valence-electron chi connectivity index (χ2n) is 8.78. The van der Waals surface area contributed by atoms with Crippen LogP contribution in [0.1, 0.15) is 29.9 Å². The van der Waals surface area contributed by atoms with Crippen LogP contribution in [0.4, 0.5) is 4.79 Å². The molecule has 1 aliphatic carbocycles. The predicted molar refractivity (Wildman–Crippen MR) is 133 cm³/mol. The van der Waals surface area contributed by atoms with E-state index in [0.717, 1.165) is 11.1 Å². The lowest BCUT2D eigenvalue weighted by molar-refractivity contribution is -0.142. The van der Waals surface area contributed by atoms with Crippen LogP contribution in [-0.2, 0) is 19.1 Å². The molecule has 3 atom stereocenters. The maximum Gasteiger partial charge on any atom is 0.407 e. The summed E-state index contributed by atoms with van der Waals surface area (Å²) in [5.41, 5.74) is 4.62. The third-order valence-electron chi connectivity index (χ3n) is 6.49. The van der Waals surface area contributed by atoms with Gasteiger partial charge in [-0.05, 0) is 47.1 Å². The molecule has 2 amide bonds. The molecule has 1 saturated heterocycles. The Kier molecular flexibility index (Phi) is 8.30. The predicted octanol–water partition coefficient (Wildman–Crippen LogP) is 3.25. The summed E-state index contributed by atoms with van der Waals surface area (Å²) in [7, 11) is 0. The van der Waals surface area contributed by atoms with Crippen LogP contribution in [0.3, 0.4) is 0 Å². The second kappa shape index (κ2) is 11.6. The van der Waals surface area contributed by atoms with E-state index in [9.17, 15) is 19.5 Å². The van der Waals surface area contributed by atoms with Gasteiger partial charge in [-0.1, -0.05) is 48.5 Å². The fourth-order valence-electron chi connectivity index (χ4n) is 4.66. The molecule has 2 aromatic rings. The zero-order valence-corrected chi connectivity index (χ0v) is 20.4. The van der Waals surface area contributed by atoms with Gasteiger partial charge in [0.25, 0.3) is 0 Å². The number of benzene rings is 2. The number of amides is 2. The Labute approximate surface area is 208 Å². The monoisotopic (exact) mass is 498 g/mol. The summed E-state index contributed by atoms with van der Waals surface area (Å²) >= 11 is 1.53. The lowest BCUT2D eigenvalue weighted by Gasteiger charge is -2.17. The molecular formula is C26H30N2O6S. The summed E-state index contributed by atoms with van der Waals surface area (Å²) in [6.45, 7) is 0.635. The van der Waals surface area contributed by atoms with Crippen LogP contribution in [-0.4, -0.2) is 67.0 Å². The summed E-state index contributed by atoms with van der Waals surface area (Å²) in [4.78, 5) is 36.2. The van der Waals surface area contributed by atoms with Crippen LogP contribution in [0.25, 0.3) is 11.1 Å². The Morgan fingerprint density at radius 2 is 1.77 bits per heavy atom. The molecule has 2 aromatic carbocycles. The molecule has 35 heavy (non-hydrogen) atoms. The van der Waals surface area contributed by atoms with E-state index in [1.807, 2.05) is 30.5 Å². The number of carbonyl (C=O) groups excluding carboxylic acids is 2. The maximum atomic E-state index is 12.5. The van der Waals surface area contributed by atoms with Crippen LogP contribution in [0.15, 0.2) is 48.5 Å². The number of hydrogen-bond donors (Lipinski definition) is 3. The Morgan fingerprint density at radius 3 is 2.40 bits per heavy atom. The van der Waals surface area contributed by atoms with Gasteiger partial charge in [-0.2, -0.15) is 11.8 Å². The van der Waals surface area contributed by atoms with Gasteiger partial charge in [0.05, 0.1) is 18.6 Å². The van der Waals surface area contributed by atoms with Gasteiger partial charge < -0.3 is 25.2 Å². The fourth-order valence-corrected chi connectivity index (χ4v) is 5.13. The molecule has 1 aliphatic heterocycles. The number of ether oxygens (including phenoxy) is 2. The second-order valence-corrected chi connectivity index (χ2v) is 9.76. The number of hydrogen-bond acceptors (Lipinski definition) is 6. The highest BCUT2D eigenvalue weighted by atomic mass is 32.2. The molecule has 0 bridgehead atoms. The quantitative estimate of drug-likeness (QED) is 0.461. The molecule has 3 N–H and O–H groups in total. The fraction of sp³-hybridized carbons (Fsp3) is 0.423. The third-order valence-corrected chi connectivity index (χ3v) is 7.14. The number of fused-ring (bicyclic) bond motifs is 3. The van der Waals surface area contributed by atoms with Gasteiger partial charge in [0, 0.05) is 12.5 Å². The molecule has 0 aromatic heterocycles. The highest BCUT2D eigenvalue weighted by Crippen LogP contribution is 2.44. The standard InChI is InChI=1S/C26H30N2O6S/c1-35-11-10-23(25(30)31)28-24(29)16-12-17(33-14-16)13-27-26(32)34-15-22-20-8-4-2-6-18(20)19-7-3-5-9-21(19)22/h2-9,16-17,22-23H,10-15H2,1H3,(H,27,32)(H,28,29)(H,30,31). The van der Waals surface area contributed by atoms with Gasteiger partial charge in [-0.25, -0.2) is 9.59 Å². The van der Waals surface area contributed by atoms with Crippen molar-refractivity contribution in [3.63, 3.8) is 0 Å². The normalized spacial score (nSPS) is 19.5. The summed E-state index contributed by atoms with van der Waals surface area (Å²) in [6.07, 6.45) is 1.79. The Morgan fingerprint density at radius 1 is 1.11 bits per heavy atom. The van der Waals surface area contributed by atoms with Gasteiger partial charge >= 0.3 is 12.1 Å². The highest BCUT2D eigenvalue weighted by molar-refractivity contribution is 7.98. The van der Waals surface area contributed by atoms with Crippen LogP contribution in [0.2, 0.25) is 0 Å². The van der Waals surface area contributed by atoms with Crippen molar-refractivity contribution in [2.75, 3.05) is 31.8 Å². The maximum absolute atomic E-state index is 12.5. The first-order valence-electron chi connectivity index (χ1n) is 11.7. The molecule has 186 valence electrons. The van der Waals surface area contributed by atoms with Crippen molar-refractivity contribution in [1.82, 2.24) is 10.6 Å². The van der Waals surface area contributed by atoms with Gasteiger partial charge in [0.15, 0.2) is 0 Å². The SMILES string of the molecule is CSCCC(NC(=O)C1COC(CNC(=O)OCC2c3ccccc3-c3ccccc32)C1)C(=O)O. The van der Waals surface area contributed by atoms with Crippen LogP contribution in [0.5, 0.6) is 0 Å². The topological polar surface area (TPSA) is 114 Å². The summed E-state index contributed by atoms with van der Waals surface area (Å²) in [6, 6.07) is 15.4. The van der Waals surface area contributed by atoms with Gasteiger partial charge in [0.1, 0.15) is 12.6 Å². The third kappa shape index (κ3) is 5.97. The van der Waals surface area contributed by atoms with Crippen LogP contribution < -0.4 is 10.6 Å². The molecule has 1 heterocycles. The number of carbonyl (C=O) groups is 3. The molecule has 2 aliphatic rings. The average Bonchev–Trinajstić information content (AvgIpc) is 3.47. The first kappa shape index (κ1) is 25.1. The van der Waals surface area contributed by atoms with Crippen molar-refractivity contribution in [1.29, 1.82) is 0 Å². The van der Waals surface area contributed by atoms with E-state index in [1.165, 1.54) is 22.9 Å². The van der Waals surface area contributed by atoms with E-state index in [4.69, 9.17) is 9.47 Å². The summed E-state index contributed by atoms with van der Waals surface area (Å²) < 4.78 is 11.2. The van der Waals surface area contributed by atoms with Crippen molar-refractivity contribution in [3.8, 4) is 11.1 Å². The smallest absolute Gasteiger partial charge is 0.407 e. The van der Waals surface area contributed by atoms with Crippen molar-refractivity contribution in [2.24, 2.45) is 5.92 Å². The lowest BCUT2D eigenvalue weighted by Crippen LogP contribution is -2.44. The molecule has 1 fully saturated rings. The largest absolute Gasteiger partial charge is 0.480 e. The van der Waals surface area contributed by atoms with Crippen LogP contribution >= 0.6 is 11.8 Å². The molecule has 9 heteroatoms. The van der Waals surface area contributed by atoms with Crippen molar-refractivity contribution < 1.29 is 29.0 Å². The Balaban J connectivity index is 1.23. The van der Waals surface area contributed by atoms with Crippen LogP contribution in [0, 0.1) is 5.92 Å². The van der Waals surface area contributed by atoms with Gasteiger partial charge in [-0.15, -0.1) is 0 Å². The minimum atomic E-state index is -1.04. The van der Waals surface area contributed by atoms with Gasteiger partial charge in [0.2, 0.25) is 5.91 Å². The average molecular weight is 499 g/mol. The van der Waals surface area contributed by atoms with E-state index >= 15 is 0 Å². The summed E-state index contributed by atoms with van der Waals surface area (Å²) in [5.74, 6) is -1.19. The zero-order valence-electron chi connectivity index (χ0n) is 19.6. The number of rotatable bonds is 10. The number of aliphatic carboxylic acids is 1. The zero-order chi connectivity index (χ0) is 24.8. The van der Waals surface area contributed by atoms with Crippen molar-refractivity contribution in [2.45, 2.75) is 30.9 Å². The molecule has 0 spiro atoms. The first-order valence-corrected chi connectivity index (χ1v) is 13.1. The number of carboxylic acids is 1. The molecule has 4 rings (SSSR count). The van der Waals surface area contributed by atoms with E-state index in [-0.39, 0.29) is 37.7 Å².